The molecule has 1 aliphatic carbocycles. The molecule has 50 valence electrons. The maximum absolute atomic E-state index is 3.99. The van der Waals surface area contributed by atoms with Crippen LogP contribution in [0.1, 0.15) is 26.2 Å². The molecular weight excluding hydrogens is 188 g/mol. The van der Waals surface area contributed by atoms with Crippen LogP contribution in [0.25, 0.3) is 0 Å². The molecule has 2 atom stereocenters. The number of hydrogen-bond acceptors (Lipinski definition) is 0. The Labute approximate surface area is 84.7 Å². The molecule has 0 saturated heterocycles. The third kappa shape index (κ3) is 4.62. The Morgan fingerprint density at radius 3 is 2.00 bits per heavy atom. The summed E-state index contributed by atoms with van der Waals surface area (Å²) in [5.74, 6) is 1.73. The largest absolute Gasteiger partial charge is 2.00 e. The van der Waals surface area contributed by atoms with E-state index in [2.05, 4.69) is 13.8 Å². The van der Waals surface area contributed by atoms with Crippen molar-refractivity contribution in [3.05, 3.63) is 6.92 Å². The molecule has 0 nitrogen and oxygen atoms in total. The molecule has 9 heavy (non-hydrogen) atoms. The number of halogens is 1. The predicted octanol–water partition coefficient (Wildman–Crippen LogP) is -1.12. The van der Waals surface area contributed by atoms with Crippen LogP contribution in [0, 0.1) is 18.8 Å². The van der Waals surface area contributed by atoms with E-state index in [-0.39, 0.29) is 40.0 Å². The van der Waals surface area contributed by atoms with Gasteiger partial charge in [-0.2, -0.15) is 5.92 Å². The van der Waals surface area contributed by atoms with Crippen LogP contribution in [0.5, 0.6) is 0 Å². The van der Waals surface area contributed by atoms with E-state index >= 15 is 0 Å². The average molecular weight is 201 g/mol. The number of hydrogen-bond donors (Lipinski definition) is 0. The van der Waals surface area contributed by atoms with E-state index in [1.54, 1.807) is 0 Å². The molecule has 0 amide bonds. The standard InChI is InChI=1S/C7H13.BrH.Mg/c1-6-3-4-7(2)5-6;;/h6-7H,1,3-5H2,2H3;1H;/q-1;;+2/p-1. The number of rotatable bonds is 0. The van der Waals surface area contributed by atoms with E-state index in [4.69, 9.17) is 0 Å². The summed E-state index contributed by atoms with van der Waals surface area (Å²) < 4.78 is 0. The van der Waals surface area contributed by atoms with E-state index in [0.717, 1.165) is 11.8 Å². The Morgan fingerprint density at radius 1 is 1.33 bits per heavy atom. The summed E-state index contributed by atoms with van der Waals surface area (Å²) in [5, 5.41) is 0. The van der Waals surface area contributed by atoms with E-state index in [0.29, 0.717) is 0 Å². The average Bonchev–Trinajstić information content (AvgIpc) is 1.87. The van der Waals surface area contributed by atoms with Crippen molar-refractivity contribution in [2.24, 2.45) is 11.8 Å². The van der Waals surface area contributed by atoms with Gasteiger partial charge < -0.3 is 23.9 Å². The first-order valence-electron chi connectivity index (χ1n) is 3.12. The fourth-order valence-corrected chi connectivity index (χ4v) is 1.32. The molecular formula is C7H13BrMg. The summed E-state index contributed by atoms with van der Waals surface area (Å²) >= 11 is 0. The van der Waals surface area contributed by atoms with Crippen LogP contribution < -0.4 is 17.0 Å². The van der Waals surface area contributed by atoms with Gasteiger partial charge in [-0.05, 0) is 5.92 Å². The second-order valence-electron chi connectivity index (χ2n) is 2.78. The zero-order chi connectivity index (χ0) is 5.28. The molecule has 0 radical (unpaired) electrons. The molecule has 1 aliphatic rings. The SMILES string of the molecule is [Br-].[CH2-]C1CCC(C)C1.[Mg+2]. The first-order valence-corrected chi connectivity index (χ1v) is 3.12. The fraction of sp³-hybridized carbons (Fsp3) is 0.857. The molecule has 2 unspecified atom stereocenters. The van der Waals surface area contributed by atoms with Crippen LogP contribution in [0.2, 0.25) is 0 Å². The van der Waals surface area contributed by atoms with E-state index in [9.17, 15) is 0 Å². The zero-order valence-electron chi connectivity index (χ0n) is 6.07. The molecule has 0 aromatic rings. The van der Waals surface area contributed by atoms with Gasteiger partial charge in [0.1, 0.15) is 0 Å². The van der Waals surface area contributed by atoms with Gasteiger partial charge in [0.15, 0.2) is 0 Å². The monoisotopic (exact) mass is 200 g/mol. The molecule has 0 heterocycles. The maximum atomic E-state index is 3.99. The van der Waals surface area contributed by atoms with Crippen molar-refractivity contribution in [3.63, 3.8) is 0 Å². The van der Waals surface area contributed by atoms with Crippen molar-refractivity contribution in [1.82, 2.24) is 0 Å². The van der Waals surface area contributed by atoms with Crippen LogP contribution >= 0.6 is 0 Å². The fourth-order valence-electron chi connectivity index (χ4n) is 1.32. The van der Waals surface area contributed by atoms with E-state index in [1.165, 1.54) is 19.3 Å². The molecule has 1 rings (SSSR count). The first kappa shape index (κ1) is 12.9. The summed E-state index contributed by atoms with van der Waals surface area (Å²) in [5.41, 5.74) is 0. The van der Waals surface area contributed by atoms with E-state index < -0.39 is 0 Å². The minimum atomic E-state index is 0. The Kier molecular flexibility index (Phi) is 8.57. The summed E-state index contributed by atoms with van der Waals surface area (Å²) in [4.78, 5) is 0. The van der Waals surface area contributed by atoms with Crippen LogP contribution in [0.3, 0.4) is 0 Å². The molecule has 0 aromatic heterocycles. The minimum Gasteiger partial charge on any atom is -1.00 e. The summed E-state index contributed by atoms with van der Waals surface area (Å²) in [6.45, 7) is 6.30. The van der Waals surface area contributed by atoms with Gasteiger partial charge in [-0.1, -0.05) is 26.2 Å². The molecule has 1 fully saturated rings. The van der Waals surface area contributed by atoms with Gasteiger partial charge >= 0.3 is 23.1 Å². The summed E-state index contributed by atoms with van der Waals surface area (Å²) in [6.07, 6.45) is 4.13. The van der Waals surface area contributed by atoms with Crippen molar-refractivity contribution >= 4 is 23.1 Å². The minimum absolute atomic E-state index is 0. The quantitative estimate of drug-likeness (QED) is 0.344. The molecule has 0 bridgehead atoms. The van der Waals surface area contributed by atoms with Crippen LogP contribution in [0.15, 0.2) is 0 Å². The van der Waals surface area contributed by atoms with Gasteiger partial charge in [0.05, 0.1) is 0 Å². The molecule has 0 aromatic carbocycles. The van der Waals surface area contributed by atoms with Gasteiger partial charge in [-0.25, -0.2) is 0 Å². The molecule has 1 saturated carbocycles. The molecule has 2 heteroatoms. The molecule has 0 spiro atoms. The third-order valence-corrected chi connectivity index (χ3v) is 1.80. The van der Waals surface area contributed by atoms with Crippen molar-refractivity contribution in [2.45, 2.75) is 26.2 Å². The van der Waals surface area contributed by atoms with Gasteiger partial charge in [0.25, 0.3) is 0 Å². The van der Waals surface area contributed by atoms with E-state index in [1.807, 2.05) is 0 Å². The molecule has 0 N–H and O–H groups in total. The zero-order valence-corrected chi connectivity index (χ0v) is 9.07. The smallest absolute Gasteiger partial charge is 1.00 e. The second kappa shape index (κ2) is 5.99. The van der Waals surface area contributed by atoms with Gasteiger partial charge in [-0.3, -0.25) is 0 Å². The van der Waals surface area contributed by atoms with Gasteiger partial charge in [-0.15, -0.1) is 0 Å². The maximum Gasteiger partial charge on any atom is 2.00 e. The molecule has 0 aliphatic heterocycles. The van der Waals surface area contributed by atoms with Crippen LogP contribution in [-0.2, 0) is 0 Å². The van der Waals surface area contributed by atoms with Crippen LogP contribution in [-0.4, -0.2) is 23.1 Å². The van der Waals surface area contributed by atoms with Gasteiger partial charge in [0, 0.05) is 0 Å². The summed E-state index contributed by atoms with van der Waals surface area (Å²) in [7, 11) is 0. The van der Waals surface area contributed by atoms with Crippen molar-refractivity contribution in [1.29, 1.82) is 0 Å². The normalized spacial score (nSPS) is 32.7. The Hall–Kier alpha value is 1.25. The third-order valence-electron chi connectivity index (χ3n) is 1.80. The van der Waals surface area contributed by atoms with Crippen molar-refractivity contribution < 1.29 is 17.0 Å². The topological polar surface area (TPSA) is 0 Å². The second-order valence-corrected chi connectivity index (χ2v) is 2.78. The van der Waals surface area contributed by atoms with Gasteiger partial charge in [0.2, 0.25) is 0 Å². The Balaban J connectivity index is 0. The Bertz CT molecular complexity index is 57.9. The van der Waals surface area contributed by atoms with Crippen LogP contribution in [0.4, 0.5) is 0 Å². The summed E-state index contributed by atoms with van der Waals surface area (Å²) in [6, 6.07) is 0. The van der Waals surface area contributed by atoms with Crippen molar-refractivity contribution in [2.75, 3.05) is 0 Å². The predicted molar refractivity (Wildman–Crippen MR) is 37.6 cm³/mol. The first-order chi connectivity index (χ1) is 3.29. The Morgan fingerprint density at radius 2 is 1.89 bits per heavy atom. The van der Waals surface area contributed by atoms with Crippen molar-refractivity contribution in [3.8, 4) is 0 Å².